The molecule has 0 aliphatic carbocycles. The maximum atomic E-state index is 12.1. The van der Waals surface area contributed by atoms with E-state index in [0.717, 1.165) is 25.7 Å². The van der Waals surface area contributed by atoms with E-state index in [4.69, 9.17) is 7.58 Å². The molecule has 0 rings (SSSR count). The molecular weight excluding hydrogens is 816 g/mol. The molecule has 0 amide bonds. The maximum Gasteiger partial charge on any atom is 1.00 e. The molecule has 0 saturated heterocycles. The van der Waals surface area contributed by atoms with Crippen LogP contribution >= 0.6 is 20.3 Å². The average Bonchev–Trinajstić information content (AvgIpc) is 2.97. The van der Waals surface area contributed by atoms with E-state index >= 15 is 0 Å². The van der Waals surface area contributed by atoms with Crippen LogP contribution in [0.15, 0.2) is 0 Å². The molecule has 0 aromatic heterocycles. The summed E-state index contributed by atoms with van der Waals surface area (Å²) in [6, 6.07) is 0. The van der Waals surface area contributed by atoms with Crippen LogP contribution in [-0.2, 0) is 17.2 Å². The number of hydrogen-bond donors (Lipinski definition) is 0. The minimum Gasteiger partial charge on any atom is -1.00 e. The van der Waals surface area contributed by atoms with Crippen molar-refractivity contribution < 1.29 is 92.5 Å². The molecule has 256 valence electrons. The molecule has 0 radical (unpaired) electrons. The number of carbonyl (C=O) groups is 2. The summed E-state index contributed by atoms with van der Waals surface area (Å²) in [6.45, 7) is 4.55. The van der Waals surface area contributed by atoms with E-state index < -0.39 is 11.5 Å². The fraction of sp³-hybridized carbons (Fsp3) is 0.944. The van der Waals surface area contributed by atoms with E-state index in [2.05, 4.69) is 13.8 Å². The van der Waals surface area contributed by atoms with E-state index in [-0.39, 0.29) is 87.3 Å². The first-order valence-electron chi connectivity index (χ1n) is 18.6. The number of halogens is 2. The minimum atomic E-state index is -2.24. The van der Waals surface area contributed by atoms with Crippen LogP contribution in [0.2, 0.25) is 0 Å². The van der Waals surface area contributed by atoms with Gasteiger partial charge < -0.3 is 31.6 Å². The molecule has 0 heterocycles. The summed E-state index contributed by atoms with van der Waals surface area (Å²) < 4.78 is 10.8. The quantitative estimate of drug-likeness (QED) is 0.0397. The number of rotatable bonds is 34. The second-order valence-electron chi connectivity index (χ2n) is 12.7. The van der Waals surface area contributed by atoms with Gasteiger partial charge in [-0.15, -0.1) is 0 Å². The Morgan fingerprint density at radius 3 is 0.795 bits per heavy atom. The van der Waals surface area contributed by atoms with E-state index in [1.807, 2.05) is 20.3 Å². The summed E-state index contributed by atoms with van der Waals surface area (Å²) in [7, 11) is 0. The molecular formula is C36H70AlI2KO4. The first-order chi connectivity index (χ1) is 20.6. The Labute approximate surface area is 350 Å². The molecule has 0 atom stereocenters. The zero-order valence-electron chi connectivity index (χ0n) is 29.6. The van der Waals surface area contributed by atoms with Gasteiger partial charge in [-0.1, -0.05) is 214 Å². The van der Waals surface area contributed by atoms with Crippen molar-refractivity contribution >= 4 is 43.7 Å². The van der Waals surface area contributed by atoms with Gasteiger partial charge in [-0.3, -0.25) is 9.59 Å². The molecule has 0 aromatic rings. The monoisotopic (exact) mass is 886 g/mol. The summed E-state index contributed by atoms with van der Waals surface area (Å²) in [5.74, 6) is -0.397. The third-order valence-corrected chi connectivity index (χ3v) is 10.8. The Bertz CT molecular complexity index is 538. The molecule has 0 unspecified atom stereocenters. The van der Waals surface area contributed by atoms with Crippen LogP contribution in [0, 0.1) is 0 Å². The smallest absolute Gasteiger partial charge is 1.00 e. The van der Waals surface area contributed by atoms with Gasteiger partial charge in [0.05, 0.1) is 0 Å². The molecule has 0 aliphatic rings. The van der Waals surface area contributed by atoms with Crippen LogP contribution in [0.25, 0.3) is 0 Å². The Morgan fingerprint density at radius 2 is 0.591 bits per heavy atom. The van der Waals surface area contributed by atoms with E-state index in [1.54, 1.807) is 0 Å². The van der Waals surface area contributed by atoms with Gasteiger partial charge in [-0.25, -0.2) is 0 Å². The van der Waals surface area contributed by atoms with Crippen molar-refractivity contribution in [2.45, 2.75) is 219 Å². The topological polar surface area (TPSA) is 52.6 Å². The zero-order valence-corrected chi connectivity index (χ0v) is 38.2. The Kier molecular flexibility index (Phi) is 50.5. The van der Waals surface area contributed by atoms with Gasteiger partial charge >= 0.3 is 62.9 Å². The molecule has 0 N–H and O–H groups in total. The van der Waals surface area contributed by atoms with Crippen molar-refractivity contribution in [2.24, 2.45) is 0 Å². The summed E-state index contributed by atoms with van der Waals surface area (Å²) in [5, 5.41) is 0. The molecule has 0 aromatic carbocycles. The van der Waals surface area contributed by atoms with Gasteiger partial charge in [-0.2, -0.15) is 0 Å². The van der Waals surface area contributed by atoms with E-state index in [0.29, 0.717) is 12.8 Å². The van der Waals surface area contributed by atoms with Crippen LogP contribution < -0.4 is 75.4 Å². The van der Waals surface area contributed by atoms with Crippen LogP contribution in [0.5, 0.6) is 0 Å². The van der Waals surface area contributed by atoms with Crippen LogP contribution in [0.1, 0.15) is 219 Å². The maximum absolute atomic E-state index is 12.1. The predicted molar refractivity (Wildman–Crippen MR) is 191 cm³/mol. The van der Waals surface area contributed by atoms with Crippen LogP contribution in [0.3, 0.4) is 0 Å². The van der Waals surface area contributed by atoms with Crippen molar-refractivity contribution in [3.05, 3.63) is 0 Å². The van der Waals surface area contributed by atoms with Gasteiger partial charge in [0.2, 0.25) is 0 Å². The van der Waals surface area contributed by atoms with Crippen LogP contribution in [-0.4, -0.2) is 23.5 Å². The number of unbranched alkanes of at least 4 members (excludes halogenated alkanes) is 28. The van der Waals surface area contributed by atoms with Crippen molar-refractivity contribution in [1.29, 1.82) is 0 Å². The van der Waals surface area contributed by atoms with E-state index in [9.17, 15) is 9.59 Å². The second kappa shape index (κ2) is 43.6. The van der Waals surface area contributed by atoms with Gasteiger partial charge in [0.25, 0.3) is 11.9 Å². The molecule has 0 fully saturated rings. The van der Waals surface area contributed by atoms with Gasteiger partial charge in [-0.05, 0) is 12.8 Å². The van der Waals surface area contributed by atoms with Gasteiger partial charge in [0, 0.05) is 12.8 Å². The minimum absolute atomic E-state index is 0. The largest absolute Gasteiger partial charge is 1.00 e. The average molecular weight is 887 g/mol. The van der Waals surface area contributed by atoms with E-state index in [1.165, 1.54) is 167 Å². The molecule has 0 bridgehead atoms. The number of carbonyl (C=O) groups excluding carboxylic acids is 2. The fourth-order valence-electron chi connectivity index (χ4n) is 5.63. The summed E-state index contributed by atoms with van der Waals surface area (Å²) in [6.07, 6.45) is 40.3. The molecule has 0 aliphatic heterocycles. The zero-order chi connectivity index (χ0) is 30.8. The normalized spacial score (nSPS) is 10.6. The summed E-state index contributed by atoms with van der Waals surface area (Å²) >= 11 is -0.207. The summed E-state index contributed by atoms with van der Waals surface area (Å²) in [4.78, 5) is 24.2. The number of hydrogen-bond acceptors (Lipinski definition) is 4. The third-order valence-electron chi connectivity index (χ3n) is 8.42. The van der Waals surface area contributed by atoms with Crippen molar-refractivity contribution in [3.8, 4) is 0 Å². The van der Waals surface area contributed by atoms with Crippen molar-refractivity contribution in [2.75, 3.05) is 0 Å². The van der Waals surface area contributed by atoms with Gasteiger partial charge in [0.15, 0.2) is 0 Å². The third kappa shape index (κ3) is 42.6. The Balaban J connectivity index is -0.00000840. The van der Waals surface area contributed by atoms with Crippen molar-refractivity contribution in [3.63, 3.8) is 0 Å². The molecule has 0 spiro atoms. The summed E-state index contributed by atoms with van der Waals surface area (Å²) in [5.41, 5.74) is 0. The first kappa shape index (κ1) is 50.9. The SMILES string of the molecule is CCCCCCCCCCCCCCCCCC(=O)[O][Al]([I])[O]C(=O)CCCCCCCCCCCCCCCCC.[I-].[K+]. The van der Waals surface area contributed by atoms with Gasteiger partial charge in [0.1, 0.15) is 0 Å². The Hall–Kier alpha value is 2.57. The molecule has 8 heteroatoms. The fourth-order valence-corrected chi connectivity index (χ4v) is 8.03. The van der Waals surface area contributed by atoms with Crippen LogP contribution in [0.4, 0.5) is 0 Å². The Morgan fingerprint density at radius 1 is 0.409 bits per heavy atom. The molecule has 44 heavy (non-hydrogen) atoms. The standard InChI is InChI=1S/2C18H36O2.Al.2HI.K/c2*1-2-3-4-5-6-7-8-9-10-11-12-13-14-15-16-17-18(19)20;;;;/h2*2-17H2,1H3,(H,19,20);;2*1H;/q;;+3;;;+1/p-4. The molecule has 4 nitrogen and oxygen atoms in total. The van der Waals surface area contributed by atoms with Crippen molar-refractivity contribution in [1.82, 2.24) is 0 Å². The molecule has 0 saturated carbocycles. The second-order valence-corrected chi connectivity index (χ2v) is 16.7. The predicted octanol–water partition coefficient (Wildman–Crippen LogP) is 7.02. The first-order valence-corrected chi connectivity index (χ1v) is 23.7.